The van der Waals surface area contributed by atoms with Gasteiger partial charge in [0.15, 0.2) is 0 Å². The smallest absolute Gasteiger partial charge is 0.266 e. The van der Waals surface area contributed by atoms with Crippen LogP contribution in [0.2, 0.25) is 0 Å². The van der Waals surface area contributed by atoms with Crippen LogP contribution in [-0.2, 0) is 4.74 Å². The van der Waals surface area contributed by atoms with Crippen LogP contribution in [0, 0.1) is 6.92 Å². The van der Waals surface area contributed by atoms with E-state index in [1.54, 1.807) is 12.4 Å². The molecule has 180 valence electrons. The molecule has 3 aromatic heterocycles. The van der Waals surface area contributed by atoms with Crippen molar-refractivity contribution in [2.45, 2.75) is 6.92 Å². The molecule has 10 heteroatoms. The van der Waals surface area contributed by atoms with Crippen LogP contribution in [0.5, 0.6) is 5.75 Å². The van der Waals surface area contributed by atoms with Gasteiger partial charge in [0.2, 0.25) is 0 Å². The van der Waals surface area contributed by atoms with E-state index in [1.807, 2.05) is 49.5 Å². The third kappa shape index (κ3) is 5.73. The second-order valence-corrected chi connectivity index (χ2v) is 9.25. The van der Waals surface area contributed by atoms with E-state index in [4.69, 9.17) is 9.47 Å². The Bertz CT molecular complexity index is 1510. The van der Waals surface area contributed by atoms with Crippen LogP contribution in [-0.4, -0.2) is 59.3 Å². The number of nitrogens with zero attached hydrogens (tertiary/aromatic N) is 4. The fourth-order valence-electron chi connectivity index (χ4n) is 3.85. The lowest BCUT2D eigenvalue weighted by atomic mass is 10.2. The average Bonchev–Trinajstić information content (AvgIpc) is 3.44. The van der Waals surface area contributed by atoms with Gasteiger partial charge in [-0.2, -0.15) is 10.2 Å². The minimum atomic E-state index is -0.163. The van der Waals surface area contributed by atoms with Crippen molar-refractivity contribution in [1.29, 1.82) is 0 Å². The van der Waals surface area contributed by atoms with Gasteiger partial charge >= 0.3 is 0 Å². The van der Waals surface area contributed by atoms with Gasteiger partial charge in [0.25, 0.3) is 5.56 Å². The molecule has 0 amide bonds. The van der Waals surface area contributed by atoms with E-state index >= 15 is 0 Å². The van der Waals surface area contributed by atoms with Gasteiger partial charge in [0.05, 0.1) is 29.6 Å². The van der Waals surface area contributed by atoms with Crippen LogP contribution < -0.4 is 19.5 Å². The second kappa shape index (κ2) is 10.8. The number of aromatic amines is 2. The minimum absolute atomic E-state index is 0.163. The first-order valence-corrected chi connectivity index (χ1v) is 12.2. The number of fused-ring (bicyclic) bond motifs is 1. The molecule has 1 fully saturated rings. The van der Waals surface area contributed by atoms with Crippen LogP contribution in [0.4, 0.5) is 5.69 Å². The number of azo groups is 1. The molecule has 4 heterocycles. The molecule has 2 N–H and O–H groups in total. The van der Waals surface area contributed by atoms with E-state index in [0.717, 1.165) is 66.4 Å². The number of aryl methyl sites for hydroxylation is 1. The van der Waals surface area contributed by atoms with Crippen molar-refractivity contribution in [1.82, 2.24) is 19.9 Å². The number of rotatable bonds is 7. The molecular formula is C25H26N6O3S. The zero-order valence-corrected chi connectivity index (χ0v) is 20.2. The van der Waals surface area contributed by atoms with Crippen molar-refractivity contribution >= 4 is 40.3 Å². The number of benzene rings is 1. The Morgan fingerprint density at radius 3 is 3.03 bits per heavy atom. The molecule has 0 unspecified atom stereocenters. The predicted octanol–water partition coefficient (Wildman–Crippen LogP) is 2.68. The predicted molar refractivity (Wildman–Crippen MR) is 137 cm³/mol. The number of pyridine rings is 1. The van der Waals surface area contributed by atoms with E-state index in [2.05, 4.69) is 30.1 Å². The first-order chi connectivity index (χ1) is 17.2. The van der Waals surface area contributed by atoms with Gasteiger partial charge in [-0.25, -0.2) is 4.98 Å². The molecule has 1 aliphatic heterocycles. The standard InChI is InChI=1S/C25H26N6O3S/c1-17-13-19(34-12-9-31-7-10-33-11-8-31)4-5-21(17)30-28-16-23-29-25(32)22(35-23)14-18-15-27-24-20(18)3-2-6-26-24/h2-6,13-16H,7-12H2,1H3,(H,26,27)(H,29,32). The van der Waals surface area contributed by atoms with E-state index < -0.39 is 0 Å². The van der Waals surface area contributed by atoms with E-state index in [1.165, 1.54) is 11.3 Å². The summed E-state index contributed by atoms with van der Waals surface area (Å²) >= 11 is 1.33. The molecule has 35 heavy (non-hydrogen) atoms. The first-order valence-electron chi connectivity index (χ1n) is 11.4. The summed E-state index contributed by atoms with van der Waals surface area (Å²) in [6.07, 6.45) is 6.99. The molecule has 0 spiro atoms. The number of hydrogen-bond donors (Lipinski definition) is 2. The SMILES string of the molecule is Cc1cc(OCCN2CCOCC2)ccc1N=NC=c1[nH]c(=O)c(=Cc2c[nH]c3ncccc23)s1. The summed E-state index contributed by atoms with van der Waals surface area (Å²) in [5.41, 5.74) is 3.25. The molecule has 1 saturated heterocycles. The van der Waals surface area contributed by atoms with Crippen LogP contribution >= 0.6 is 11.3 Å². The molecule has 0 radical (unpaired) electrons. The largest absolute Gasteiger partial charge is 0.492 e. The molecule has 0 bridgehead atoms. The average molecular weight is 491 g/mol. The molecule has 4 aromatic rings. The molecule has 0 saturated carbocycles. The van der Waals surface area contributed by atoms with E-state index in [0.29, 0.717) is 15.8 Å². The van der Waals surface area contributed by atoms with Crippen molar-refractivity contribution in [3.8, 4) is 5.75 Å². The summed E-state index contributed by atoms with van der Waals surface area (Å²) in [4.78, 5) is 25.0. The first kappa shape index (κ1) is 23.2. The Balaban J connectivity index is 1.25. The number of aromatic nitrogens is 3. The zero-order chi connectivity index (χ0) is 24.0. The Hall–Kier alpha value is -3.60. The monoisotopic (exact) mass is 490 g/mol. The molecule has 0 aliphatic carbocycles. The van der Waals surface area contributed by atoms with Crippen LogP contribution in [0.15, 0.2) is 57.7 Å². The normalized spacial score (nSPS) is 16.0. The van der Waals surface area contributed by atoms with Crippen LogP contribution in [0.3, 0.4) is 0 Å². The van der Waals surface area contributed by atoms with Gasteiger partial charge in [-0.1, -0.05) is 0 Å². The fourth-order valence-corrected chi connectivity index (χ4v) is 4.66. The van der Waals surface area contributed by atoms with Crippen molar-refractivity contribution in [2.24, 2.45) is 10.2 Å². The summed E-state index contributed by atoms with van der Waals surface area (Å²) in [6, 6.07) is 9.59. The lowest BCUT2D eigenvalue weighted by Gasteiger charge is -2.26. The maximum atomic E-state index is 12.4. The highest BCUT2D eigenvalue weighted by atomic mass is 32.1. The summed E-state index contributed by atoms with van der Waals surface area (Å²) in [6.45, 7) is 6.97. The Morgan fingerprint density at radius 1 is 1.29 bits per heavy atom. The highest BCUT2D eigenvalue weighted by molar-refractivity contribution is 7.07. The Morgan fingerprint density at radius 2 is 2.17 bits per heavy atom. The number of ether oxygens (including phenoxy) is 2. The van der Waals surface area contributed by atoms with Crippen molar-refractivity contribution in [3.05, 3.63) is 73.4 Å². The van der Waals surface area contributed by atoms with Gasteiger partial charge in [-0.3, -0.25) is 9.69 Å². The zero-order valence-electron chi connectivity index (χ0n) is 19.4. The highest BCUT2D eigenvalue weighted by Gasteiger charge is 2.10. The number of H-pyrrole nitrogens is 2. The number of thiazole rings is 1. The van der Waals surface area contributed by atoms with Gasteiger partial charge in [0, 0.05) is 43.0 Å². The van der Waals surface area contributed by atoms with E-state index in [9.17, 15) is 4.79 Å². The Kier molecular flexibility index (Phi) is 7.12. The number of hydrogen-bond acceptors (Lipinski definition) is 8. The maximum absolute atomic E-state index is 12.4. The van der Waals surface area contributed by atoms with Crippen molar-refractivity contribution < 1.29 is 9.47 Å². The second-order valence-electron chi connectivity index (χ2n) is 8.17. The topological polar surface area (TPSA) is 108 Å². The van der Waals surface area contributed by atoms with Crippen molar-refractivity contribution in [3.63, 3.8) is 0 Å². The van der Waals surface area contributed by atoms with E-state index in [-0.39, 0.29) is 5.56 Å². The molecule has 9 nitrogen and oxygen atoms in total. The van der Waals surface area contributed by atoms with Gasteiger partial charge in [-0.05, 0) is 48.9 Å². The molecule has 1 aromatic carbocycles. The summed E-state index contributed by atoms with van der Waals surface area (Å²) in [5.74, 6) is 0.814. The fraction of sp³-hybridized carbons (Fsp3) is 0.280. The lowest BCUT2D eigenvalue weighted by molar-refractivity contribution is 0.0322. The molecule has 1 aliphatic rings. The summed E-state index contributed by atoms with van der Waals surface area (Å²) in [7, 11) is 0. The summed E-state index contributed by atoms with van der Waals surface area (Å²) in [5, 5.41) is 9.45. The maximum Gasteiger partial charge on any atom is 0.266 e. The third-order valence-corrected chi connectivity index (χ3v) is 6.69. The van der Waals surface area contributed by atoms with Gasteiger partial charge < -0.3 is 19.4 Å². The third-order valence-electron chi connectivity index (χ3n) is 5.74. The molecule has 0 atom stereocenters. The van der Waals surface area contributed by atoms with Crippen molar-refractivity contribution in [2.75, 3.05) is 39.5 Å². The van der Waals surface area contributed by atoms with Gasteiger partial charge in [0.1, 0.15) is 22.7 Å². The minimum Gasteiger partial charge on any atom is -0.492 e. The summed E-state index contributed by atoms with van der Waals surface area (Å²) < 4.78 is 12.5. The Labute approximate surface area is 205 Å². The van der Waals surface area contributed by atoms with Crippen LogP contribution in [0.1, 0.15) is 11.1 Å². The molecule has 5 rings (SSSR count). The quantitative estimate of drug-likeness (QED) is 0.387. The number of morpholine rings is 1. The van der Waals surface area contributed by atoms with Crippen LogP contribution in [0.25, 0.3) is 23.3 Å². The highest BCUT2D eigenvalue weighted by Crippen LogP contribution is 2.24. The molecular weight excluding hydrogens is 464 g/mol. The van der Waals surface area contributed by atoms with Gasteiger partial charge in [-0.15, -0.1) is 11.3 Å². The lowest BCUT2D eigenvalue weighted by Crippen LogP contribution is -2.38. The number of nitrogens with one attached hydrogen (secondary N) is 2.